The van der Waals surface area contributed by atoms with Crippen molar-refractivity contribution in [1.82, 2.24) is 9.97 Å². The number of ether oxygens (including phenoxy) is 3. The van der Waals surface area contributed by atoms with Crippen LogP contribution in [0.2, 0.25) is 0 Å². The standard InChI is InChI=1S/C16H18N4O6S/c1-24-10-4-8(15(23)26-3)9(5-11(10)25-2)18-14(22)7-27-16-19-12(17)6-13(21)20-16/h4-6H,7H2,1-3H3,(H,18,22)(H3,17,19,20,21). The summed E-state index contributed by atoms with van der Waals surface area (Å²) in [6.45, 7) is 0. The van der Waals surface area contributed by atoms with Gasteiger partial charge in [-0.25, -0.2) is 9.78 Å². The van der Waals surface area contributed by atoms with E-state index in [1.54, 1.807) is 0 Å². The average Bonchev–Trinajstić information content (AvgIpc) is 2.64. The molecular weight excluding hydrogens is 376 g/mol. The summed E-state index contributed by atoms with van der Waals surface area (Å²) in [6, 6.07) is 4.00. The van der Waals surface area contributed by atoms with Gasteiger partial charge in [0.25, 0.3) is 5.56 Å². The van der Waals surface area contributed by atoms with Crippen LogP contribution in [-0.2, 0) is 9.53 Å². The molecule has 0 aliphatic heterocycles. The van der Waals surface area contributed by atoms with E-state index in [1.807, 2.05) is 0 Å². The fourth-order valence-corrected chi connectivity index (χ4v) is 2.79. The van der Waals surface area contributed by atoms with E-state index >= 15 is 0 Å². The third kappa shape index (κ3) is 5.14. The van der Waals surface area contributed by atoms with E-state index in [-0.39, 0.29) is 28.0 Å². The number of hydrogen-bond donors (Lipinski definition) is 3. The molecule has 27 heavy (non-hydrogen) atoms. The zero-order valence-electron chi connectivity index (χ0n) is 14.8. The Morgan fingerprint density at radius 2 is 1.85 bits per heavy atom. The van der Waals surface area contributed by atoms with Crippen molar-refractivity contribution in [3.8, 4) is 11.5 Å². The van der Waals surface area contributed by atoms with Gasteiger partial charge in [-0.3, -0.25) is 9.59 Å². The number of nitrogens with one attached hydrogen (secondary N) is 2. The average molecular weight is 394 g/mol. The molecule has 0 spiro atoms. The number of H-pyrrole nitrogens is 1. The lowest BCUT2D eigenvalue weighted by atomic mass is 10.1. The van der Waals surface area contributed by atoms with Crippen molar-refractivity contribution in [2.24, 2.45) is 0 Å². The van der Waals surface area contributed by atoms with E-state index in [1.165, 1.54) is 33.5 Å². The fraction of sp³-hybridized carbons (Fsp3) is 0.250. The van der Waals surface area contributed by atoms with Crippen molar-refractivity contribution in [2.75, 3.05) is 38.1 Å². The largest absolute Gasteiger partial charge is 0.493 e. The Hall–Kier alpha value is -3.21. The Morgan fingerprint density at radius 1 is 1.19 bits per heavy atom. The van der Waals surface area contributed by atoms with Gasteiger partial charge in [-0.05, 0) is 0 Å². The zero-order valence-corrected chi connectivity index (χ0v) is 15.6. The highest BCUT2D eigenvalue weighted by Gasteiger charge is 2.19. The number of rotatable bonds is 7. The van der Waals surface area contributed by atoms with E-state index in [0.29, 0.717) is 11.5 Å². The number of hydrogen-bond acceptors (Lipinski definition) is 9. The normalized spacial score (nSPS) is 10.2. The Labute approximate surface area is 158 Å². The van der Waals surface area contributed by atoms with Gasteiger partial charge in [0.1, 0.15) is 5.82 Å². The predicted octanol–water partition coefficient (Wildman–Crippen LogP) is 0.887. The van der Waals surface area contributed by atoms with E-state index in [2.05, 4.69) is 15.3 Å². The van der Waals surface area contributed by atoms with Crippen molar-refractivity contribution in [2.45, 2.75) is 5.16 Å². The molecule has 2 aromatic rings. The predicted molar refractivity (Wildman–Crippen MR) is 99.5 cm³/mol. The molecule has 1 aromatic carbocycles. The van der Waals surface area contributed by atoms with Crippen LogP contribution in [0.3, 0.4) is 0 Å². The van der Waals surface area contributed by atoms with Crippen LogP contribution in [0.15, 0.2) is 28.2 Å². The van der Waals surface area contributed by atoms with Crippen LogP contribution in [0.1, 0.15) is 10.4 Å². The monoisotopic (exact) mass is 394 g/mol. The van der Waals surface area contributed by atoms with Crippen molar-refractivity contribution in [3.63, 3.8) is 0 Å². The fourth-order valence-electron chi connectivity index (χ4n) is 2.10. The first-order chi connectivity index (χ1) is 12.9. The van der Waals surface area contributed by atoms with Crippen molar-refractivity contribution in [3.05, 3.63) is 34.1 Å². The second-order valence-electron chi connectivity index (χ2n) is 5.06. The smallest absolute Gasteiger partial charge is 0.340 e. The number of esters is 1. The number of amides is 1. The SMILES string of the molecule is COC(=O)c1cc(OC)c(OC)cc1NC(=O)CSc1nc(N)cc(=O)[nH]1. The molecule has 1 heterocycles. The third-order valence-electron chi connectivity index (χ3n) is 3.28. The van der Waals surface area contributed by atoms with Crippen LogP contribution in [0, 0.1) is 0 Å². The molecule has 0 atom stereocenters. The second-order valence-corrected chi connectivity index (χ2v) is 6.02. The number of nitrogens with two attached hydrogens (primary N) is 1. The molecule has 0 unspecified atom stereocenters. The molecule has 2 rings (SSSR count). The molecule has 1 amide bonds. The molecule has 144 valence electrons. The molecule has 0 fully saturated rings. The number of anilines is 2. The van der Waals surface area contributed by atoms with Gasteiger partial charge in [-0.2, -0.15) is 0 Å². The number of carbonyl (C=O) groups excluding carboxylic acids is 2. The summed E-state index contributed by atoms with van der Waals surface area (Å²) in [4.78, 5) is 42.0. The summed E-state index contributed by atoms with van der Waals surface area (Å²) in [6.07, 6.45) is 0. The van der Waals surface area contributed by atoms with Gasteiger partial charge in [0, 0.05) is 18.2 Å². The molecule has 0 aliphatic rings. The zero-order chi connectivity index (χ0) is 20.0. The van der Waals surface area contributed by atoms with Gasteiger partial charge in [-0.15, -0.1) is 0 Å². The minimum Gasteiger partial charge on any atom is -0.493 e. The summed E-state index contributed by atoms with van der Waals surface area (Å²) in [5.41, 5.74) is 5.37. The Balaban J connectivity index is 2.20. The Bertz CT molecular complexity index is 914. The highest BCUT2D eigenvalue weighted by atomic mass is 32.2. The summed E-state index contributed by atoms with van der Waals surface area (Å²) >= 11 is 0.983. The highest BCUT2D eigenvalue weighted by Crippen LogP contribution is 2.33. The van der Waals surface area contributed by atoms with Crippen LogP contribution in [-0.4, -0.2) is 48.9 Å². The Kier molecular flexibility index (Phi) is 6.66. The minimum atomic E-state index is -0.652. The van der Waals surface area contributed by atoms with Gasteiger partial charge in [0.15, 0.2) is 16.7 Å². The molecule has 11 heteroatoms. The van der Waals surface area contributed by atoms with Crippen LogP contribution >= 0.6 is 11.8 Å². The number of thioether (sulfide) groups is 1. The first kappa shape index (κ1) is 20.1. The van der Waals surface area contributed by atoms with Gasteiger partial charge in [0.2, 0.25) is 5.91 Å². The maximum absolute atomic E-state index is 12.3. The van der Waals surface area contributed by atoms with Crippen molar-refractivity contribution < 1.29 is 23.8 Å². The molecule has 0 saturated heterocycles. The highest BCUT2D eigenvalue weighted by molar-refractivity contribution is 7.99. The third-order valence-corrected chi connectivity index (χ3v) is 4.16. The quantitative estimate of drug-likeness (QED) is 0.354. The lowest BCUT2D eigenvalue weighted by Crippen LogP contribution is -2.18. The number of aromatic nitrogens is 2. The number of methoxy groups -OCH3 is 3. The summed E-state index contributed by atoms with van der Waals surface area (Å²) in [5, 5.41) is 2.81. The van der Waals surface area contributed by atoms with Gasteiger partial charge in [0.05, 0.1) is 38.3 Å². The summed E-state index contributed by atoms with van der Waals surface area (Å²) < 4.78 is 15.1. The van der Waals surface area contributed by atoms with Gasteiger partial charge < -0.3 is 30.2 Å². The first-order valence-corrected chi connectivity index (χ1v) is 8.50. The van der Waals surface area contributed by atoms with Crippen molar-refractivity contribution in [1.29, 1.82) is 0 Å². The topological polar surface area (TPSA) is 146 Å². The molecule has 0 radical (unpaired) electrons. The van der Waals surface area contributed by atoms with Crippen LogP contribution in [0.4, 0.5) is 11.5 Å². The number of nitrogens with zero attached hydrogens (tertiary/aromatic N) is 1. The van der Waals surface area contributed by atoms with Crippen LogP contribution < -0.4 is 26.1 Å². The first-order valence-electron chi connectivity index (χ1n) is 7.51. The Morgan fingerprint density at radius 3 is 2.44 bits per heavy atom. The molecule has 0 bridgehead atoms. The summed E-state index contributed by atoms with van der Waals surface area (Å²) in [7, 11) is 4.08. The van der Waals surface area contributed by atoms with Crippen molar-refractivity contribution >= 4 is 35.1 Å². The summed E-state index contributed by atoms with van der Waals surface area (Å²) in [5.74, 6) is -0.485. The number of aromatic amines is 1. The molecule has 1 aromatic heterocycles. The van der Waals surface area contributed by atoms with Crippen LogP contribution in [0.5, 0.6) is 11.5 Å². The number of carbonyl (C=O) groups is 2. The number of nitrogen functional groups attached to an aromatic ring is 1. The van der Waals surface area contributed by atoms with E-state index in [4.69, 9.17) is 19.9 Å². The van der Waals surface area contributed by atoms with E-state index < -0.39 is 17.4 Å². The lowest BCUT2D eigenvalue weighted by molar-refractivity contribution is -0.113. The van der Waals surface area contributed by atoms with E-state index in [0.717, 1.165) is 17.8 Å². The minimum absolute atomic E-state index is 0.0505. The molecular formula is C16H18N4O6S. The maximum atomic E-state index is 12.3. The van der Waals surface area contributed by atoms with Gasteiger partial charge >= 0.3 is 5.97 Å². The maximum Gasteiger partial charge on any atom is 0.340 e. The molecule has 0 aliphatic carbocycles. The van der Waals surface area contributed by atoms with Gasteiger partial charge in [-0.1, -0.05) is 11.8 Å². The lowest BCUT2D eigenvalue weighted by Gasteiger charge is -2.14. The van der Waals surface area contributed by atoms with Crippen LogP contribution in [0.25, 0.3) is 0 Å². The molecule has 10 nitrogen and oxygen atoms in total. The van der Waals surface area contributed by atoms with E-state index in [9.17, 15) is 14.4 Å². The molecule has 0 saturated carbocycles. The molecule has 4 N–H and O–H groups in total. The second kappa shape index (κ2) is 8.94. The number of benzene rings is 1.